The van der Waals surface area contributed by atoms with Crippen LogP contribution in [0, 0.1) is 5.92 Å². The van der Waals surface area contributed by atoms with Gasteiger partial charge in [0.05, 0.1) is 19.6 Å². The Morgan fingerprint density at radius 3 is 2.95 bits per heavy atom. The largest absolute Gasteiger partial charge is 0.469 e. The third-order valence-corrected chi connectivity index (χ3v) is 4.05. The monoisotopic (exact) mass is 277 g/mol. The zero-order valence-electron chi connectivity index (χ0n) is 12.4. The van der Waals surface area contributed by atoms with Gasteiger partial charge in [-0.2, -0.15) is 0 Å². The van der Waals surface area contributed by atoms with Gasteiger partial charge in [0.2, 0.25) is 0 Å². The Hall–Kier alpha value is -1.55. The quantitative estimate of drug-likeness (QED) is 0.858. The molecule has 0 radical (unpaired) electrons. The summed E-state index contributed by atoms with van der Waals surface area (Å²) in [4.78, 5) is 13.5. The number of carbonyl (C=O) groups excluding carboxylic acids is 1. The molecule has 4 nitrogen and oxygen atoms in total. The van der Waals surface area contributed by atoms with Crippen LogP contribution in [0.15, 0.2) is 18.2 Å². The molecule has 0 amide bonds. The number of benzene rings is 1. The highest BCUT2D eigenvalue weighted by atomic mass is 16.5. The number of aliphatic hydroxyl groups is 1. The normalized spacial score (nSPS) is 17.3. The topological polar surface area (TPSA) is 49.8 Å². The van der Waals surface area contributed by atoms with Crippen molar-refractivity contribution >= 4 is 11.7 Å². The van der Waals surface area contributed by atoms with E-state index in [0.29, 0.717) is 0 Å². The summed E-state index contributed by atoms with van der Waals surface area (Å²) in [6, 6.07) is 6.10. The fourth-order valence-corrected chi connectivity index (χ4v) is 2.78. The predicted molar refractivity (Wildman–Crippen MR) is 78.8 cm³/mol. The van der Waals surface area contributed by atoms with Gasteiger partial charge in [0.15, 0.2) is 0 Å². The van der Waals surface area contributed by atoms with Gasteiger partial charge in [0, 0.05) is 19.3 Å². The molecule has 0 aliphatic carbocycles. The highest BCUT2D eigenvalue weighted by Gasteiger charge is 2.22. The Labute approximate surface area is 120 Å². The summed E-state index contributed by atoms with van der Waals surface area (Å²) in [5, 5.41) is 10.4. The lowest BCUT2D eigenvalue weighted by Gasteiger charge is -2.29. The second kappa shape index (κ2) is 6.27. The summed E-state index contributed by atoms with van der Waals surface area (Å²) in [5.41, 5.74) is 3.41. The number of anilines is 1. The van der Waals surface area contributed by atoms with Crippen molar-refractivity contribution in [1.29, 1.82) is 0 Å². The molecule has 1 aliphatic rings. The number of hydrogen-bond acceptors (Lipinski definition) is 4. The van der Waals surface area contributed by atoms with Crippen LogP contribution in [0.4, 0.5) is 5.69 Å². The van der Waals surface area contributed by atoms with Crippen LogP contribution >= 0.6 is 0 Å². The third kappa shape index (κ3) is 3.12. The molecule has 0 aromatic heterocycles. The highest BCUT2D eigenvalue weighted by molar-refractivity contribution is 5.69. The summed E-state index contributed by atoms with van der Waals surface area (Å²) in [6.07, 6.45) is 1.78. The Kier molecular flexibility index (Phi) is 4.65. The SMILES string of the molecule is COC(=O)CC(C)C(O)c1ccc2c(c1)CCCN2C. The van der Waals surface area contributed by atoms with E-state index < -0.39 is 6.10 Å². The van der Waals surface area contributed by atoms with Crippen molar-refractivity contribution in [2.24, 2.45) is 5.92 Å². The summed E-state index contributed by atoms with van der Waals surface area (Å²) in [5.74, 6) is -0.434. The molecule has 2 atom stereocenters. The first-order valence-corrected chi connectivity index (χ1v) is 7.11. The molecule has 110 valence electrons. The minimum absolute atomic E-state index is 0.151. The van der Waals surface area contributed by atoms with Gasteiger partial charge in [-0.1, -0.05) is 19.1 Å². The average molecular weight is 277 g/mol. The number of esters is 1. The number of fused-ring (bicyclic) bond motifs is 1. The van der Waals surface area contributed by atoms with E-state index in [1.54, 1.807) is 0 Å². The van der Waals surface area contributed by atoms with E-state index >= 15 is 0 Å². The molecule has 20 heavy (non-hydrogen) atoms. The average Bonchev–Trinajstić information content (AvgIpc) is 2.46. The van der Waals surface area contributed by atoms with Gasteiger partial charge in [-0.05, 0) is 36.0 Å². The van der Waals surface area contributed by atoms with Gasteiger partial charge >= 0.3 is 5.97 Å². The lowest BCUT2D eigenvalue weighted by Crippen LogP contribution is -2.25. The molecule has 2 rings (SSSR count). The predicted octanol–water partition coefficient (Wildman–Crippen LogP) is 2.30. The van der Waals surface area contributed by atoms with Crippen LogP contribution in [-0.4, -0.2) is 31.8 Å². The number of rotatable bonds is 4. The molecule has 0 saturated heterocycles. The number of methoxy groups -OCH3 is 1. The van der Waals surface area contributed by atoms with Crippen LogP contribution in [0.25, 0.3) is 0 Å². The van der Waals surface area contributed by atoms with E-state index in [1.165, 1.54) is 18.4 Å². The molecule has 0 spiro atoms. The van der Waals surface area contributed by atoms with Crippen LogP contribution in [0.2, 0.25) is 0 Å². The van der Waals surface area contributed by atoms with Crippen LogP contribution in [0.5, 0.6) is 0 Å². The summed E-state index contributed by atoms with van der Waals surface area (Å²) in [7, 11) is 3.46. The van der Waals surface area contributed by atoms with Crippen LogP contribution in [0.1, 0.15) is 37.0 Å². The number of ether oxygens (including phenoxy) is 1. The standard InChI is InChI=1S/C16H23NO3/c1-11(9-15(18)20-3)16(19)13-6-7-14-12(10-13)5-4-8-17(14)2/h6-7,10-11,16,19H,4-5,8-9H2,1-3H3. The number of aryl methyl sites for hydroxylation is 1. The summed E-state index contributed by atoms with van der Waals surface area (Å²) < 4.78 is 4.65. The number of nitrogens with zero attached hydrogens (tertiary/aromatic N) is 1. The van der Waals surface area contributed by atoms with E-state index in [0.717, 1.165) is 24.9 Å². The minimum Gasteiger partial charge on any atom is -0.469 e. The van der Waals surface area contributed by atoms with Crippen molar-refractivity contribution in [3.05, 3.63) is 29.3 Å². The van der Waals surface area contributed by atoms with Gasteiger partial charge in [0.1, 0.15) is 0 Å². The maximum absolute atomic E-state index is 11.3. The molecule has 1 heterocycles. The van der Waals surface area contributed by atoms with Gasteiger partial charge < -0.3 is 14.7 Å². The molecule has 1 N–H and O–H groups in total. The van der Waals surface area contributed by atoms with Crippen molar-refractivity contribution in [3.63, 3.8) is 0 Å². The van der Waals surface area contributed by atoms with Crippen LogP contribution in [-0.2, 0) is 16.0 Å². The number of hydrogen-bond donors (Lipinski definition) is 1. The van der Waals surface area contributed by atoms with Crippen molar-refractivity contribution in [2.45, 2.75) is 32.3 Å². The van der Waals surface area contributed by atoms with E-state index in [4.69, 9.17) is 0 Å². The lowest BCUT2D eigenvalue weighted by atomic mass is 9.91. The molecule has 2 unspecified atom stereocenters. The Balaban J connectivity index is 2.14. The van der Waals surface area contributed by atoms with Gasteiger partial charge in [-0.15, -0.1) is 0 Å². The van der Waals surface area contributed by atoms with Gasteiger partial charge in [-0.25, -0.2) is 0 Å². The molecule has 0 fully saturated rings. The molecule has 1 aromatic rings. The second-order valence-electron chi connectivity index (χ2n) is 5.62. The minimum atomic E-state index is -0.633. The first-order chi connectivity index (χ1) is 9.52. The van der Waals surface area contributed by atoms with E-state index in [2.05, 4.69) is 28.8 Å². The fraction of sp³-hybridized carbons (Fsp3) is 0.562. The summed E-state index contributed by atoms with van der Waals surface area (Å²) >= 11 is 0. The Morgan fingerprint density at radius 1 is 1.50 bits per heavy atom. The molecular weight excluding hydrogens is 254 g/mol. The van der Waals surface area contributed by atoms with Crippen molar-refractivity contribution in [3.8, 4) is 0 Å². The maximum Gasteiger partial charge on any atom is 0.305 e. The first kappa shape index (κ1) is 14.9. The van der Waals surface area contributed by atoms with Crippen molar-refractivity contribution in [1.82, 2.24) is 0 Å². The molecule has 0 saturated carbocycles. The zero-order chi connectivity index (χ0) is 14.7. The van der Waals surface area contributed by atoms with Crippen molar-refractivity contribution < 1.29 is 14.6 Å². The molecule has 0 bridgehead atoms. The highest BCUT2D eigenvalue weighted by Crippen LogP contribution is 2.31. The van der Waals surface area contributed by atoms with Gasteiger partial charge in [-0.3, -0.25) is 4.79 Å². The lowest BCUT2D eigenvalue weighted by molar-refractivity contribution is -0.142. The number of carbonyl (C=O) groups is 1. The maximum atomic E-state index is 11.3. The Morgan fingerprint density at radius 2 is 2.25 bits per heavy atom. The van der Waals surface area contributed by atoms with Crippen molar-refractivity contribution in [2.75, 3.05) is 25.6 Å². The molecule has 1 aliphatic heterocycles. The first-order valence-electron chi connectivity index (χ1n) is 7.11. The zero-order valence-corrected chi connectivity index (χ0v) is 12.4. The third-order valence-electron chi connectivity index (χ3n) is 4.05. The van der Waals surface area contributed by atoms with E-state index in [1.807, 2.05) is 13.0 Å². The second-order valence-corrected chi connectivity index (χ2v) is 5.62. The number of aliphatic hydroxyl groups excluding tert-OH is 1. The van der Waals surface area contributed by atoms with E-state index in [-0.39, 0.29) is 18.3 Å². The molecule has 1 aromatic carbocycles. The fourth-order valence-electron chi connectivity index (χ4n) is 2.78. The molecular formula is C16H23NO3. The smallest absolute Gasteiger partial charge is 0.305 e. The van der Waals surface area contributed by atoms with Crippen LogP contribution in [0.3, 0.4) is 0 Å². The van der Waals surface area contributed by atoms with E-state index in [9.17, 15) is 9.90 Å². The van der Waals surface area contributed by atoms with Gasteiger partial charge in [0.25, 0.3) is 0 Å². The van der Waals surface area contributed by atoms with Crippen LogP contribution < -0.4 is 4.90 Å². The molecule has 4 heteroatoms. The Bertz CT molecular complexity index is 487. The summed E-state index contributed by atoms with van der Waals surface area (Å²) in [6.45, 7) is 2.95.